The van der Waals surface area contributed by atoms with Crippen LogP contribution < -0.4 is 10.6 Å². The van der Waals surface area contributed by atoms with Gasteiger partial charge in [0.15, 0.2) is 0 Å². The maximum atomic E-state index is 12.3. The molecular weight excluding hydrogens is 324 g/mol. The van der Waals surface area contributed by atoms with Gasteiger partial charge in [0.25, 0.3) is 0 Å². The number of hydrogen-bond donors (Lipinski definition) is 3. The van der Waals surface area contributed by atoms with E-state index in [1.165, 1.54) is 6.07 Å². The molecule has 0 spiro atoms. The van der Waals surface area contributed by atoms with E-state index in [1.54, 1.807) is 12.1 Å². The number of carbonyl (C=O) groups is 2. The van der Waals surface area contributed by atoms with Crippen LogP contribution in [-0.2, 0) is 4.79 Å². The molecule has 5 nitrogen and oxygen atoms in total. The number of carbonyl (C=O) groups excluding carboxylic acids is 1. The van der Waals surface area contributed by atoms with Gasteiger partial charge in [0.05, 0.1) is 17.3 Å². The monoisotopic (exact) mass is 340 g/mol. The van der Waals surface area contributed by atoms with Crippen molar-refractivity contribution in [1.82, 2.24) is 5.32 Å². The highest BCUT2D eigenvalue weighted by Gasteiger charge is 2.28. The number of nitrogens with one attached hydrogen (secondary N) is 2. The van der Waals surface area contributed by atoms with Crippen LogP contribution in [0.5, 0.6) is 0 Å². The van der Waals surface area contributed by atoms with Crippen LogP contribution in [0.25, 0.3) is 0 Å². The van der Waals surface area contributed by atoms with Crippen molar-refractivity contribution in [3.63, 3.8) is 0 Å². The average molecular weight is 341 g/mol. The van der Waals surface area contributed by atoms with E-state index in [-0.39, 0.29) is 23.4 Å². The first kappa shape index (κ1) is 15.0. The van der Waals surface area contributed by atoms with Crippen LogP contribution in [0.2, 0.25) is 0 Å². The van der Waals surface area contributed by atoms with Crippen molar-refractivity contribution in [3.05, 3.63) is 28.2 Å². The summed E-state index contributed by atoms with van der Waals surface area (Å²) in [5.41, 5.74) is 0.404. The predicted octanol–water partition coefficient (Wildman–Crippen LogP) is 2.47. The number of piperidine rings is 1. The zero-order valence-electron chi connectivity index (χ0n) is 11.1. The molecule has 108 valence electrons. The number of hydrogen-bond acceptors (Lipinski definition) is 3. The average Bonchev–Trinajstić information content (AvgIpc) is 2.41. The molecule has 0 aromatic heterocycles. The third-order valence-electron chi connectivity index (χ3n) is 3.52. The van der Waals surface area contributed by atoms with Crippen molar-refractivity contribution in [2.24, 2.45) is 5.92 Å². The molecule has 2 atom stereocenters. The van der Waals surface area contributed by atoms with Gasteiger partial charge in [0.1, 0.15) is 0 Å². The number of amides is 1. The molecule has 20 heavy (non-hydrogen) atoms. The van der Waals surface area contributed by atoms with E-state index in [9.17, 15) is 14.7 Å². The first-order chi connectivity index (χ1) is 9.49. The van der Waals surface area contributed by atoms with Crippen LogP contribution in [0.1, 0.15) is 30.1 Å². The number of rotatable bonds is 3. The third-order valence-corrected chi connectivity index (χ3v) is 4.02. The minimum absolute atomic E-state index is 0.0798. The summed E-state index contributed by atoms with van der Waals surface area (Å²) in [6.45, 7) is 2.84. The Hall–Kier alpha value is -1.40. The Labute approximate surface area is 125 Å². The molecule has 1 aromatic rings. The highest BCUT2D eigenvalue weighted by molar-refractivity contribution is 9.10. The number of aromatic carboxylic acids is 1. The number of carboxylic acids is 1. The normalized spacial score (nSPS) is 22.3. The standard InChI is InChI=1S/C14H17BrN2O3/c1-8-3-2-6-16-12(8)13(18)17-11-5-4-9(15)7-10(11)14(19)20/h4-5,7-8,12,16H,2-3,6H2,1H3,(H,17,18)(H,19,20). The summed E-state index contributed by atoms with van der Waals surface area (Å²) in [6.07, 6.45) is 2.06. The zero-order chi connectivity index (χ0) is 14.7. The van der Waals surface area contributed by atoms with E-state index in [0.29, 0.717) is 10.2 Å². The molecule has 1 saturated heterocycles. The molecule has 0 saturated carbocycles. The number of anilines is 1. The Bertz CT molecular complexity index is 533. The molecule has 6 heteroatoms. The quantitative estimate of drug-likeness (QED) is 0.789. The van der Waals surface area contributed by atoms with Crippen molar-refractivity contribution in [2.75, 3.05) is 11.9 Å². The lowest BCUT2D eigenvalue weighted by Crippen LogP contribution is -2.48. The minimum Gasteiger partial charge on any atom is -0.478 e. The Morgan fingerprint density at radius 1 is 1.45 bits per heavy atom. The van der Waals surface area contributed by atoms with Crippen molar-refractivity contribution in [3.8, 4) is 0 Å². The Balaban J connectivity index is 2.17. The molecule has 1 heterocycles. The fourth-order valence-electron chi connectivity index (χ4n) is 2.41. The van der Waals surface area contributed by atoms with Gasteiger partial charge in [-0.2, -0.15) is 0 Å². The summed E-state index contributed by atoms with van der Waals surface area (Å²) in [4.78, 5) is 23.5. The SMILES string of the molecule is CC1CCCNC1C(=O)Nc1ccc(Br)cc1C(=O)O. The lowest BCUT2D eigenvalue weighted by Gasteiger charge is -2.29. The minimum atomic E-state index is -1.06. The molecule has 1 fully saturated rings. The summed E-state index contributed by atoms with van der Waals surface area (Å²) < 4.78 is 0.664. The van der Waals surface area contributed by atoms with E-state index in [1.807, 2.05) is 6.92 Å². The number of carboxylic acid groups (broad SMARTS) is 1. The van der Waals surface area contributed by atoms with Crippen LogP contribution in [0.4, 0.5) is 5.69 Å². The molecule has 2 unspecified atom stereocenters. The fourth-order valence-corrected chi connectivity index (χ4v) is 2.77. The van der Waals surface area contributed by atoms with Crippen LogP contribution in [-0.4, -0.2) is 29.6 Å². The second kappa shape index (κ2) is 6.37. The molecule has 1 aliphatic heterocycles. The first-order valence-electron chi connectivity index (χ1n) is 6.56. The van der Waals surface area contributed by atoms with E-state index >= 15 is 0 Å². The summed E-state index contributed by atoms with van der Waals surface area (Å²) in [5, 5.41) is 15.1. The van der Waals surface area contributed by atoms with Gasteiger partial charge in [-0.15, -0.1) is 0 Å². The molecule has 0 radical (unpaired) electrons. The largest absolute Gasteiger partial charge is 0.478 e. The van der Waals surface area contributed by atoms with E-state index in [0.717, 1.165) is 19.4 Å². The lowest BCUT2D eigenvalue weighted by molar-refractivity contribution is -0.119. The predicted molar refractivity (Wildman–Crippen MR) is 79.9 cm³/mol. The topological polar surface area (TPSA) is 78.4 Å². The second-order valence-corrected chi connectivity index (χ2v) is 5.95. The summed E-state index contributed by atoms with van der Waals surface area (Å²) in [7, 11) is 0. The molecule has 1 aliphatic rings. The summed E-state index contributed by atoms with van der Waals surface area (Å²) >= 11 is 3.23. The molecular formula is C14H17BrN2O3. The van der Waals surface area contributed by atoms with Gasteiger partial charge in [0.2, 0.25) is 5.91 Å². The first-order valence-corrected chi connectivity index (χ1v) is 7.35. The van der Waals surface area contributed by atoms with E-state index in [4.69, 9.17) is 0 Å². The van der Waals surface area contributed by atoms with Crippen molar-refractivity contribution in [1.29, 1.82) is 0 Å². The van der Waals surface area contributed by atoms with Crippen molar-refractivity contribution in [2.45, 2.75) is 25.8 Å². The van der Waals surface area contributed by atoms with Crippen LogP contribution in [0.15, 0.2) is 22.7 Å². The van der Waals surface area contributed by atoms with E-state index < -0.39 is 5.97 Å². The van der Waals surface area contributed by atoms with Gasteiger partial charge in [-0.25, -0.2) is 4.79 Å². The van der Waals surface area contributed by atoms with Gasteiger partial charge in [-0.1, -0.05) is 22.9 Å². The van der Waals surface area contributed by atoms with Gasteiger partial charge in [-0.3, -0.25) is 4.79 Å². The second-order valence-electron chi connectivity index (χ2n) is 5.04. The number of halogens is 1. The van der Waals surface area contributed by atoms with Gasteiger partial charge in [-0.05, 0) is 43.5 Å². The molecule has 1 aromatic carbocycles. The molecule has 1 amide bonds. The van der Waals surface area contributed by atoms with Crippen LogP contribution in [0.3, 0.4) is 0 Å². The number of benzene rings is 1. The zero-order valence-corrected chi connectivity index (χ0v) is 12.7. The van der Waals surface area contributed by atoms with Crippen LogP contribution in [0, 0.1) is 5.92 Å². The maximum absolute atomic E-state index is 12.3. The van der Waals surface area contributed by atoms with E-state index in [2.05, 4.69) is 26.6 Å². The summed E-state index contributed by atoms with van der Waals surface area (Å²) in [5.74, 6) is -0.999. The molecule has 2 rings (SSSR count). The highest BCUT2D eigenvalue weighted by Crippen LogP contribution is 2.23. The molecule has 0 aliphatic carbocycles. The third kappa shape index (κ3) is 3.37. The molecule has 3 N–H and O–H groups in total. The molecule has 0 bridgehead atoms. The maximum Gasteiger partial charge on any atom is 0.337 e. The smallest absolute Gasteiger partial charge is 0.337 e. The Morgan fingerprint density at radius 3 is 2.85 bits per heavy atom. The summed E-state index contributed by atoms with van der Waals surface area (Å²) in [6, 6.07) is 4.52. The van der Waals surface area contributed by atoms with Crippen LogP contribution >= 0.6 is 15.9 Å². The van der Waals surface area contributed by atoms with Gasteiger partial charge < -0.3 is 15.7 Å². The fraction of sp³-hybridized carbons (Fsp3) is 0.429. The van der Waals surface area contributed by atoms with Crippen molar-refractivity contribution < 1.29 is 14.7 Å². The highest BCUT2D eigenvalue weighted by atomic mass is 79.9. The Morgan fingerprint density at radius 2 is 2.20 bits per heavy atom. The Kier molecular flexibility index (Phi) is 4.77. The van der Waals surface area contributed by atoms with Gasteiger partial charge >= 0.3 is 5.97 Å². The van der Waals surface area contributed by atoms with Crippen molar-refractivity contribution >= 4 is 33.5 Å². The lowest BCUT2D eigenvalue weighted by atomic mass is 9.92. The van der Waals surface area contributed by atoms with Gasteiger partial charge in [0, 0.05) is 4.47 Å².